The fourth-order valence-corrected chi connectivity index (χ4v) is 7.73. The van der Waals surface area contributed by atoms with Gasteiger partial charge in [-0.1, -0.05) is 62.9 Å². The first kappa shape index (κ1) is 35.3. The van der Waals surface area contributed by atoms with Crippen molar-refractivity contribution in [3.63, 3.8) is 0 Å². The lowest BCUT2D eigenvalue weighted by Gasteiger charge is -2.28. The zero-order chi connectivity index (χ0) is 31.0. The van der Waals surface area contributed by atoms with Gasteiger partial charge in [0.05, 0.1) is 42.2 Å². The molecular formula is C35H48O6S2. The van der Waals surface area contributed by atoms with Gasteiger partial charge in [0, 0.05) is 12.3 Å². The van der Waals surface area contributed by atoms with Crippen molar-refractivity contribution < 1.29 is 29.2 Å². The van der Waals surface area contributed by atoms with Crippen LogP contribution in [-0.4, -0.2) is 63.8 Å². The molecule has 0 unspecified atom stereocenters. The van der Waals surface area contributed by atoms with E-state index in [0.717, 1.165) is 29.2 Å². The van der Waals surface area contributed by atoms with Crippen molar-refractivity contribution in [3.8, 4) is 17.6 Å². The van der Waals surface area contributed by atoms with Gasteiger partial charge in [0.25, 0.3) is 0 Å². The molecule has 6 nitrogen and oxygen atoms in total. The van der Waals surface area contributed by atoms with Crippen LogP contribution >= 0.6 is 23.5 Å². The third kappa shape index (κ3) is 12.4. The van der Waals surface area contributed by atoms with Gasteiger partial charge in [-0.05, 0) is 79.4 Å². The zero-order valence-electron chi connectivity index (χ0n) is 25.9. The Labute approximate surface area is 266 Å². The third-order valence-electron chi connectivity index (χ3n) is 7.89. The molecule has 1 saturated heterocycles. The first-order valence-corrected chi connectivity index (χ1v) is 17.5. The van der Waals surface area contributed by atoms with Crippen molar-refractivity contribution in [2.24, 2.45) is 11.8 Å². The number of carbonyl (C=O) groups is 1. The summed E-state index contributed by atoms with van der Waals surface area (Å²) in [5, 5.41) is 22.0. The normalized spacial score (nSPS) is 17.9. The van der Waals surface area contributed by atoms with Gasteiger partial charge in [-0.25, -0.2) is 4.79 Å². The highest BCUT2D eigenvalue weighted by molar-refractivity contribution is 8.17. The molecule has 0 aromatic heterocycles. The maximum Gasteiger partial charge on any atom is 0.339 e. The number of benzene rings is 2. The molecule has 8 heteroatoms. The Morgan fingerprint density at radius 3 is 2.37 bits per heavy atom. The van der Waals surface area contributed by atoms with Crippen LogP contribution in [0.3, 0.4) is 0 Å². The van der Waals surface area contributed by atoms with Crippen LogP contribution < -0.4 is 4.74 Å². The maximum atomic E-state index is 12.9. The largest absolute Gasteiger partial charge is 0.497 e. The number of aliphatic hydroxyl groups is 2. The average Bonchev–Trinajstić information content (AvgIpc) is 3.04. The smallest absolute Gasteiger partial charge is 0.339 e. The molecule has 3 rings (SSSR count). The number of rotatable bonds is 16. The second kappa shape index (κ2) is 19.3. The number of carbonyl (C=O) groups excluding carboxylic acids is 1. The maximum absolute atomic E-state index is 12.9. The highest BCUT2D eigenvalue weighted by Gasteiger charge is 2.30. The highest BCUT2D eigenvalue weighted by Crippen LogP contribution is 2.35. The van der Waals surface area contributed by atoms with Crippen LogP contribution in [0.4, 0.5) is 0 Å². The van der Waals surface area contributed by atoms with E-state index in [4.69, 9.17) is 14.2 Å². The van der Waals surface area contributed by atoms with Crippen molar-refractivity contribution >= 4 is 29.5 Å². The van der Waals surface area contributed by atoms with E-state index in [-0.39, 0.29) is 17.9 Å². The van der Waals surface area contributed by atoms with Gasteiger partial charge in [-0.2, -0.15) is 0 Å². The predicted octanol–water partition coefficient (Wildman–Crippen LogP) is 6.97. The number of esters is 1. The molecule has 0 radical (unpaired) electrons. The lowest BCUT2D eigenvalue weighted by molar-refractivity contribution is -0.0117. The topological polar surface area (TPSA) is 85.2 Å². The van der Waals surface area contributed by atoms with E-state index in [9.17, 15) is 15.0 Å². The van der Waals surface area contributed by atoms with Crippen molar-refractivity contribution in [1.82, 2.24) is 0 Å². The summed E-state index contributed by atoms with van der Waals surface area (Å²) in [6.45, 7) is 6.49. The van der Waals surface area contributed by atoms with Crippen LogP contribution in [0, 0.1) is 23.7 Å². The predicted molar refractivity (Wildman–Crippen MR) is 177 cm³/mol. The number of ether oxygens (including phenoxy) is 3. The molecule has 0 spiro atoms. The Bertz CT molecular complexity index is 1130. The Morgan fingerprint density at radius 2 is 1.72 bits per heavy atom. The summed E-state index contributed by atoms with van der Waals surface area (Å²) in [6.07, 6.45) is 2.55. The number of hydrogen-bond donors (Lipinski definition) is 2. The van der Waals surface area contributed by atoms with Gasteiger partial charge in [-0.15, -0.1) is 23.5 Å². The standard InChI is InChI=1S/C35H48O6S2/c1-5-29(40-24-27-16-18-30(39-4)19-17-27)22-31(36)25(2)12-9-10-15-33(41-35(38)28-13-7-6-8-14-28)26(3)32(37)23-34-42-20-11-21-43-34/h6-8,13-14,16-19,25-26,29,31-34,36-37H,5,9,11-12,20-24H2,1-4H3/t25-,26+,29+,31-,32-,33-/m0/s1. The molecule has 2 aromatic rings. The molecule has 2 aromatic carbocycles. The quantitative estimate of drug-likeness (QED) is 0.152. The number of aliphatic hydroxyl groups excluding tert-OH is 2. The van der Waals surface area contributed by atoms with Crippen molar-refractivity contribution in [2.45, 2.75) is 94.9 Å². The highest BCUT2D eigenvalue weighted by atomic mass is 32.2. The molecule has 6 atom stereocenters. The van der Waals surface area contributed by atoms with E-state index in [0.29, 0.717) is 42.4 Å². The molecule has 1 aliphatic heterocycles. The second-order valence-electron chi connectivity index (χ2n) is 11.2. The van der Waals surface area contributed by atoms with Gasteiger partial charge in [0.1, 0.15) is 5.75 Å². The fourth-order valence-electron chi connectivity index (χ4n) is 4.77. The van der Waals surface area contributed by atoms with E-state index in [1.807, 2.05) is 67.7 Å². The van der Waals surface area contributed by atoms with E-state index in [1.165, 1.54) is 6.42 Å². The Morgan fingerprint density at radius 1 is 1.02 bits per heavy atom. The molecule has 1 fully saturated rings. The van der Waals surface area contributed by atoms with E-state index in [2.05, 4.69) is 18.8 Å². The average molecular weight is 629 g/mol. The van der Waals surface area contributed by atoms with Crippen LogP contribution in [0.2, 0.25) is 0 Å². The Balaban J connectivity index is 1.53. The van der Waals surface area contributed by atoms with E-state index in [1.54, 1.807) is 31.4 Å². The lowest BCUT2D eigenvalue weighted by Crippen LogP contribution is -2.34. The van der Waals surface area contributed by atoms with Crippen LogP contribution in [0.25, 0.3) is 0 Å². The summed E-state index contributed by atoms with van der Waals surface area (Å²) in [4.78, 5) is 12.9. The lowest BCUT2D eigenvalue weighted by atomic mass is 9.93. The molecule has 2 N–H and O–H groups in total. The van der Waals surface area contributed by atoms with Gasteiger partial charge in [-0.3, -0.25) is 0 Å². The number of thioether (sulfide) groups is 2. The first-order chi connectivity index (χ1) is 20.8. The van der Waals surface area contributed by atoms with Crippen molar-refractivity contribution in [1.29, 1.82) is 0 Å². The fraction of sp³-hybridized carbons (Fsp3) is 0.571. The van der Waals surface area contributed by atoms with Gasteiger partial charge < -0.3 is 24.4 Å². The first-order valence-electron chi connectivity index (χ1n) is 15.4. The van der Waals surface area contributed by atoms with Gasteiger partial charge in [0.15, 0.2) is 6.10 Å². The molecule has 43 heavy (non-hydrogen) atoms. The van der Waals surface area contributed by atoms with Crippen molar-refractivity contribution in [3.05, 3.63) is 65.7 Å². The molecule has 236 valence electrons. The minimum atomic E-state index is -0.725. The summed E-state index contributed by atoms with van der Waals surface area (Å²) in [5.74, 6) is 8.63. The molecule has 0 aliphatic carbocycles. The second-order valence-corrected chi connectivity index (χ2v) is 14.1. The molecule has 1 aliphatic rings. The third-order valence-corrected chi connectivity index (χ3v) is 10.9. The molecule has 0 amide bonds. The minimum Gasteiger partial charge on any atom is -0.497 e. The summed E-state index contributed by atoms with van der Waals surface area (Å²) >= 11 is 3.78. The summed E-state index contributed by atoms with van der Waals surface area (Å²) < 4.78 is 17.5. The van der Waals surface area contributed by atoms with E-state index >= 15 is 0 Å². The number of hydrogen-bond acceptors (Lipinski definition) is 8. The Hall–Kier alpha value is -2.15. The summed E-state index contributed by atoms with van der Waals surface area (Å²) in [7, 11) is 1.65. The van der Waals surface area contributed by atoms with Crippen molar-refractivity contribution in [2.75, 3.05) is 18.6 Å². The molecular weight excluding hydrogens is 581 g/mol. The van der Waals surface area contributed by atoms with Gasteiger partial charge >= 0.3 is 5.97 Å². The Kier molecular flexibility index (Phi) is 15.8. The van der Waals surface area contributed by atoms with E-state index < -0.39 is 24.3 Å². The van der Waals surface area contributed by atoms with Crippen LogP contribution in [0.1, 0.15) is 75.2 Å². The minimum absolute atomic E-state index is 0.0293. The monoisotopic (exact) mass is 628 g/mol. The SMILES string of the molecule is CC[C@H](C[C@H](O)[C@@H](C)CCC#C[C@H](OC(=O)c1ccccc1)[C@H](C)[C@@H](O)CC1SCCCS1)OCc1ccc(OC)cc1. The summed E-state index contributed by atoms with van der Waals surface area (Å²) in [5.41, 5.74) is 1.53. The van der Waals surface area contributed by atoms with Gasteiger partial charge in [0.2, 0.25) is 0 Å². The summed E-state index contributed by atoms with van der Waals surface area (Å²) in [6, 6.07) is 16.7. The van der Waals surface area contributed by atoms with Crippen LogP contribution in [-0.2, 0) is 16.1 Å². The van der Waals surface area contributed by atoms with Crippen LogP contribution in [0.15, 0.2) is 54.6 Å². The molecule has 0 saturated carbocycles. The number of methoxy groups -OCH3 is 1. The zero-order valence-corrected chi connectivity index (χ0v) is 27.6. The van der Waals surface area contributed by atoms with Crippen LogP contribution in [0.5, 0.6) is 5.75 Å². The molecule has 0 bridgehead atoms. The molecule has 1 heterocycles.